The second-order valence-corrected chi connectivity index (χ2v) is 22.6. The molecule has 12 rings (SSSR count). The molecule has 0 saturated carbocycles. The molecule has 8 aromatic carbocycles. The number of benzene rings is 8. The fourth-order valence-corrected chi connectivity index (χ4v) is 20.5. The van der Waals surface area contributed by atoms with E-state index in [4.69, 9.17) is 14.4 Å². The average Bonchev–Trinajstić information content (AvgIpc) is 3.92. The zero-order valence-electron chi connectivity index (χ0n) is 30.8. The van der Waals surface area contributed by atoms with Gasteiger partial charge in [0, 0.05) is 10.8 Å². The van der Waals surface area contributed by atoms with Crippen molar-refractivity contribution in [2.45, 2.75) is 0 Å². The molecule has 3 aromatic heterocycles. The first kappa shape index (κ1) is 32.2. The topological polar surface area (TPSA) is 43.9 Å². The summed E-state index contributed by atoms with van der Waals surface area (Å²) >= 11 is -3.62. The molecule has 0 radical (unpaired) electrons. The third-order valence-corrected chi connectivity index (χ3v) is 22.1. The Bertz CT molecular complexity index is 3300. The van der Waals surface area contributed by atoms with Crippen LogP contribution in [0.4, 0.5) is 0 Å². The quantitative estimate of drug-likeness (QED) is 0.163. The fourth-order valence-electron chi connectivity index (χ4n) is 9.46. The molecule has 4 nitrogen and oxygen atoms in total. The van der Waals surface area contributed by atoms with Gasteiger partial charge < -0.3 is 4.42 Å². The van der Waals surface area contributed by atoms with Crippen molar-refractivity contribution >= 4 is 74.6 Å². The van der Waals surface area contributed by atoms with Gasteiger partial charge in [0.2, 0.25) is 0 Å². The summed E-state index contributed by atoms with van der Waals surface area (Å²) in [5, 5.41) is 4.68. The Kier molecular flexibility index (Phi) is 7.07. The van der Waals surface area contributed by atoms with Crippen molar-refractivity contribution < 1.29 is 4.42 Å². The van der Waals surface area contributed by atoms with E-state index in [0.29, 0.717) is 0 Å². The van der Waals surface area contributed by atoms with E-state index in [1.807, 2.05) is 12.1 Å². The number of fused-ring (bicyclic) bond motifs is 9. The van der Waals surface area contributed by atoms with E-state index in [9.17, 15) is 0 Å². The Morgan fingerprint density at radius 1 is 0.421 bits per heavy atom. The zero-order chi connectivity index (χ0) is 37.5. The van der Waals surface area contributed by atoms with Crippen LogP contribution in [0, 0.1) is 0 Å². The summed E-state index contributed by atoms with van der Waals surface area (Å²) in [7, 11) is 0. The first-order chi connectivity index (χ1) is 28.3. The molecule has 4 heterocycles. The van der Waals surface area contributed by atoms with Gasteiger partial charge >= 0.3 is 282 Å². The van der Waals surface area contributed by atoms with Gasteiger partial charge in [-0.2, -0.15) is 0 Å². The molecule has 1 aliphatic heterocycles. The second kappa shape index (κ2) is 12.5. The van der Waals surface area contributed by atoms with Crippen LogP contribution in [0.15, 0.2) is 205 Å². The predicted octanol–water partition coefficient (Wildman–Crippen LogP) is 10.2. The third kappa shape index (κ3) is 4.68. The van der Waals surface area contributed by atoms with Crippen LogP contribution in [0.5, 0.6) is 0 Å². The molecular weight excluding hydrogens is 755 g/mol. The number of para-hydroxylation sites is 2. The van der Waals surface area contributed by atoms with E-state index in [-0.39, 0.29) is 0 Å². The van der Waals surface area contributed by atoms with Crippen molar-refractivity contribution in [1.82, 2.24) is 14.5 Å². The van der Waals surface area contributed by atoms with Gasteiger partial charge in [0.1, 0.15) is 5.58 Å². The van der Waals surface area contributed by atoms with Crippen LogP contribution >= 0.6 is 0 Å². The van der Waals surface area contributed by atoms with E-state index in [1.165, 1.54) is 33.9 Å². The van der Waals surface area contributed by atoms with Gasteiger partial charge in [-0.25, -0.2) is 0 Å². The maximum absolute atomic E-state index is 6.38. The minimum absolute atomic E-state index is 0.722. The molecule has 0 N–H and O–H groups in total. The molecule has 5 heteroatoms. The van der Waals surface area contributed by atoms with Crippen molar-refractivity contribution in [3.8, 4) is 39.6 Å². The molecule has 11 aromatic rings. The van der Waals surface area contributed by atoms with E-state index in [1.54, 1.807) is 0 Å². The maximum atomic E-state index is 6.38. The monoisotopic (exact) mass is 789 g/mol. The number of furan rings is 1. The second-order valence-electron chi connectivity index (χ2n) is 14.9. The van der Waals surface area contributed by atoms with Crippen molar-refractivity contribution in [3.05, 3.63) is 200 Å². The van der Waals surface area contributed by atoms with Crippen molar-refractivity contribution in [2.24, 2.45) is 0 Å². The average molecular weight is 788 g/mol. The van der Waals surface area contributed by atoms with Gasteiger partial charge in [-0.15, -0.1) is 0 Å². The van der Waals surface area contributed by atoms with E-state index >= 15 is 0 Å². The Hall–Kier alpha value is -7.02. The normalized spacial score (nSPS) is 13.1. The number of rotatable bonds is 5. The molecule has 0 spiro atoms. The van der Waals surface area contributed by atoms with Gasteiger partial charge in [0.15, 0.2) is 0 Å². The molecule has 0 amide bonds. The van der Waals surface area contributed by atoms with Gasteiger partial charge in [-0.1, -0.05) is 24.3 Å². The Balaban J connectivity index is 1.08. The number of aromatic nitrogens is 3. The summed E-state index contributed by atoms with van der Waals surface area (Å²) in [6, 6.07) is 72.1. The molecule has 0 atom stereocenters. The van der Waals surface area contributed by atoms with Crippen molar-refractivity contribution in [3.63, 3.8) is 0 Å². The van der Waals surface area contributed by atoms with Gasteiger partial charge in [0.05, 0.1) is 0 Å². The zero-order valence-corrected chi connectivity index (χ0v) is 32.9. The van der Waals surface area contributed by atoms with Crippen LogP contribution in [0.3, 0.4) is 0 Å². The summed E-state index contributed by atoms with van der Waals surface area (Å²) in [4.78, 5) is 11.1. The summed E-state index contributed by atoms with van der Waals surface area (Å²) in [5.41, 5.74) is 10.5. The van der Waals surface area contributed by atoms with Crippen LogP contribution in [-0.2, 0) is 0 Å². The molecule has 266 valence electrons. The van der Waals surface area contributed by atoms with Crippen LogP contribution in [0.1, 0.15) is 0 Å². The molecule has 0 bridgehead atoms. The molecule has 1 aliphatic rings. The Labute approximate surface area is 331 Å². The van der Waals surface area contributed by atoms with Crippen molar-refractivity contribution in [2.75, 3.05) is 0 Å². The van der Waals surface area contributed by atoms with Gasteiger partial charge in [-0.3, -0.25) is 0 Å². The predicted molar refractivity (Wildman–Crippen MR) is 237 cm³/mol. The SMILES string of the molecule is c1ccc(-c2nc(-c3ccc(-n4c5ccccc5c5cc6c(cc54)oc4ccccc46)cc3)nc3[c]2[Ge]([c]2ccccc2)([c]2ccccc2)[c]2ccccc2-3)cc1. The third-order valence-electron chi connectivity index (χ3n) is 11.9. The molecule has 57 heavy (non-hydrogen) atoms. The van der Waals surface area contributed by atoms with Gasteiger partial charge in [0.25, 0.3) is 0 Å². The first-order valence-corrected chi connectivity index (χ1v) is 23.6. The van der Waals surface area contributed by atoms with Crippen LogP contribution in [0.25, 0.3) is 83.3 Å². The standard InChI is InChI=1S/C52H33GeN3O/c1-4-16-34(17-5-1)50-49-51(41-24-10-13-25-44(41)53(49,36-18-6-2-7-19-36)37-20-8-3-9-21-37)55-52(54-50)35-28-30-38(31-29-35)56-45-26-14-11-22-39(45)42-32-43-40-23-12-15-27-47(40)57-48(43)33-46(42)56/h1-33H. The number of hydrogen-bond donors (Lipinski definition) is 0. The summed E-state index contributed by atoms with van der Waals surface area (Å²) in [5.74, 6) is 0.722. The molecular formula is C52H33GeN3O. The van der Waals surface area contributed by atoms with E-state index in [2.05, 4.69) is 193 Å². The summed E-state index contributed by atoms with van der Waals surface area (Å²) in [6.07, 6.45) is 0. The Morgan fingerprint density at radius 2 is 1.04 bits per heavy atom. The molecule has 0 saturated heterocycles. The number of hydrogen-bond acceptors (Lipinski definition) is 3. The Morgan fingerprint density at radius 3 is 1.79 bits per heavy atom. The van der Waals surface area contributed by atoms with Crippen molar-refractivity contribution in [1.29, 1.82) is 0 Å². The minimum atomic E-state index is -3.62. The van der Waals surface area contributed by atoms with Crippen LogP contribution < -0.4 is 17.6 Å². The molecule has 0 fully saturated rings. The summed E-state index contributed by atoms with van der Waals surface area (Å²) in [6.45, 7) is 0. The number of nitrogens with zero attached hydrogens (tertiary/aromatic N) is 3. The van der Waals surface area contributed by atoms with Gasteiger partial charge in [-0.05, 0) is 6.07 Å². The van der Waals surface area contributed by atoms with Crippen LogP contribution in [-0.4, -0.2) is 27.8 Å². The first-order valence-electron chi connectivity index (χ1n) is 19.4. The van der Waals surface area contributed by atoms with Crippen LogP contribution in [0.2, 0.25) is 0 Å². The molecule has 0 aliphatic carbocycles. The molecule has 0 unspecified atom stereocenters. The van der Waals surface area contributed by atoms with E-state index < -0.39 is 13.3 Å². The summed E-state index contributed by atoms with van der Waals surface area (Å²) < 4.78 is 14.2. The fraction of sp³-hybridized carbons (Fsp3) is 0. The van der Waals surface area contributed by atoms with E-state index in [0.717, 1.165) is 67.0 Å².